The predicted octanol–water partition coefficient (Wildman–Crippen LogP) is 4.14. The van der Waals surface area contributed by atoms with Crippen molar-refractivity contribution in [2.45, 2.75) is 32.2 Å². The van der Waals surface area contributed by atoms with E-state index in [1.54, 1.807) is 22.8 Å². The SMILES string of the molecule is O=C(NCCCN1CCCCC1)c1ccc2cn(Cc3cccc(F)c3)c(O)c2c1. The standard InChI is InChI=1S/C24H28FN3O2/c25-21-7-4-6-18(14-21)16-28-17-20-9-8-19(15-22(20)24(28)30)23(29)26-10-5-13-27-11-2-1-3-12-27/h4,6-9,14-15,17,30H,1-3,5,10-13,16H2,(H,26,29). The highest BCUT2D eigenvalue weighted by molar-refractivity contribution is 6.00. The first-order chi connectivity index (χ1) is 14.6. The molecule has 2 N–H and O–H groups in total. The molecule has 1 aromatic heterocycles. The van der Waals surface area contributed by atoms with Crippen molar-refractivity contribution < 1.29 is 14.3 Å². The fourth-order valence-electron chi connectivity index (χ4n) is 4.13. The lowest BCUT2D eigenvalue weighted by atomic mass is 10.1. The molecule has 5 nitrogen and oxygen atoms in total. The first kappa shape index (κ1) is 20.4. The van der Waals surface area contributed by atoms with Crippen LogP contribution in [0.15, 0.2) is 48.7 Å². The Morgan fingerprint density at radius 1 is 1.10 bits per heavy atom. The number of aromatic nitrogens is 1. The summed E-state index contributed by atoms with van der Waals surface area (Å²) in [6, 6.07) is 11.6. The number of aromatic hydroxyl groups is 1. The molecule has 0 radical (unpaired) electrons. The molecule has 0 saturated carbocycles. The van der Waals surface area contributed by atoms with Crippen LogP contribution in [0.2, 0.25) is 0 Å². The van der Waals surface area contributed by atoms with Crippen molar-refractivity contribution in [2.24, 2.45) is 0 Å². The maximum absolute atomic E-state index is 13.4. The number of carbonyl (C=O) groups excluding carboxylic acids is 1. The van der Waals surface area contributed by atoms with E-state index >= 15 is 0 Å². The van der Waals surface area contributed by atoms with Gasteiger partial charge in [-0.2, -0.15) is 0 Å². The van der Waals surface area contributed by atoms with Gasteiger partial charge in [0.05, 0.1) is 6.54 Å². The van der Waals surface area contributed by atoms with Gasteiger partial charge >= 0.3 is 0 Å². The summed E-state index contributed by atoms with van der Waals surface area (Å²) in [7, 11) is 0. The Kier molecular flexibility index (Phi) is 6.33. The van der Waals surface area contributed by atoms with Crippen LogP contribution in [-0.4, -0.2) is 46.7 Å². The molecular weight excluding hydrogens is 381 g/mol. The molecule has 0 unspecified atom stereocenters. The Morgan fingerprint density at radius 3 is 2.73 bits per heavy atom. The smallest absolute Gasteiger partial charge is 0.251 e. The molecule has 1 amide bonds. The number of hydrogen-bond donors (Lipinski definition) is 2. The van der Waals surface area contributed by atoms with Gasteiger partial charge in [0.1, 0.15) is 5.82 Å². The third-order valence-corrected chi connectivity index (χ3v) is 5.75. The van der Waals surface area contributed by atoms with Crippen molar-refractivity contribution in [3.8, 4) is 5.88 Å². The fourth-order valence-corrected chi connectivity index (χ4v) is 4.13. The van der Waals surface area contributed by atoms with Crippen molar-refractivity contribution in [3.63, 3.8) is 0 Å². The maximum Gasteiger partial charge on any atom is 0.251 e. The van der Waals surface area contributed by atoms with Crippen molar-refractivity contribution in [1.29, 1.82) is 0 Å². The highest BCUT2D eigenvalue weighted by Gasteiger charge is 2.13. The number of fused-ring (bicyclic) bond motifs is 1. The summed E-state index contributed by atoms with van der Waals surface area (Å²) in [5.41, 5.74) is 1.29. The number of likely N-dealkylation sites (tertiary alicyclic amines) is 1. The molecule has 1 aliphatic rings. The van der Waals surface area contributed by atoms with Gasteiger partial charge in [-0.05, 0) is 68.7 Å². The summed E-state index contributed by atoms with van der Waals surface area (Å²) in [6.45, 7) is 4.34. The van der Waals surface area contributed by atoms with Crippen LogP contribution in [0, 0.1) is 5.82 Å². The van der Waals surface area contributed by atoms with E-state index in [0.717, 1.165) is 37.0 Å². The molecule has 2 aromatic carbocycles. The number of nitrogens with zero attached hydrogens (tertiary/aromatic N) is 2. The van der Waals surface area contributed by atoms with E-state index in [-0.39, 0.29) is 17.6 Å². The van der Waals surface area contributed by atoms with Crippen molar-refractivity contribution in [3.05, 3.63) is 65.6 Å². The van der Waals surface area contributed by atoms with Gasteiger partial charge in [0, 0.05) is 29.1 Å². The molecule has 4 rings (SSSR count). The third kappa shape index (κ3) is 4.82. The van der Waals surface area contributed by atoms with Crippen LogP contribution in [0.1, 0.15) is 41.6 Å². The normalized spacial score (nSPS) is 14.8. The van der Waals surface area contributed by atoms with E-state index in [2.05, 4.69) is 10.2 Å². The Labute approximate surface area is 176 Å². The minimum absolute atomic E-state index is 0.0778. The van der Waals surface area contributed by atoms with Crippen LogP contribution in [0.5, 0.6) is 5.88 Å². The molecule has 158 valence electrons. The van der Waals surface area contributed by atoms with Crippen LogP contribution in [0.25, 0.3) is 10.8 Å². The number of benzene rings is 2. The number of piperidine rings is 1. The molecule has 1 fully saturated rings. The van der Waals surface area contributed by atoms with E-state index in [0.29, 0.717) is 24.0 Å². The minimum Gasteiger partial charge on any atom is -0.494 e. The number of hydrogen-bond acceptors (Lipinski definition) is 3. The molecule has 1 saturated heterocycles. The Morgan fingerprint density at radius 2 is 1.93 bits per heavy atom. The second kappa shape index (κ2) is 9.30. The van der Waals surface area contributed by atoms with Gasteiger partial charge < -0.3 is 19.9 Å². The number of rotatable bonds is 7. The van der Waals surface area contributed by atoms with Crippen molar-refractivity contribution in [1.82, 2.24) is 14.8 Å². The Hall–Kier alpha value is -2.86. The number of nitrogens with one attached hydrogen (secondary N) is 1. The third-order valence-electron chi connectivity index (χ3n) is 5.75. The molecule has 0 bridgehead atoms. The van der Waals surface area contributed by atoms with Gasteiger partial charge in [-0.3, -0.25) is 4.79 Å². The van der Waals surface area contributed by atoms with Crippen LogP contribution in [0.3, 0.4) is 0 Å². The highest BCUT2D eigenvalue weighted by Crippen LogP contribution is 2.29. The van der Waals surface area contributed by atoms with Crippen LogP contribution < -0.4 is 5.32 Å². The van der Waals surface area contributed by atoms with E-state index in [4.69, 9.17) is 0 Å². The lowest BCUT2D eigenvalue weighted by Crippen LogP contribution is -2.33. The van der Waals surface area contributed by atoms with Gasteiger partial charge in [0.2, 0.25) is 0 Å². The lowest BCUT2D eigenvalue weighted by Gasteiger charge is -2.26. The minimum atomic E-state index is -0.303. The summed E-state index contributed by atoms with van der Waals surface area (Å²) in [5, 5.41) is 15.1. The average Bonchev–Trinajstić information content (AvgIpc) is 3.06. The molecule has 0 atom stereocenters. The van der Waals surface area contributed by atoms with Gasteiger partial charge in [-0.25, -0.2) is 4.39 Å². The van der Waals surface area contributed by atoms with E-state index in [1.165, 1.54) is 31.4 Å². The van der Waals surface area contributed by atoms with Crippen LogP contribution >= 0.6 is 0 Å². The highest BCUT2D eigenvalue weighted by atomic mass is 19.1. The number of halogens is 1. The summed E-state index contributed by atoms with van der Waals surface area (Å²) >= 11 is 0. The summed E-state index contributed by atoms with van der Waals surface area (Å²) < 4.78 is 15.1. The maximum atomic E-state index is 13.4. The monoisotopic (exact) mass is 409 g/mol. The summed E-state index contributed by atoms with van der Waals surface area (Å²) in [6.07, 6.45) is 6.62. The second-order valence-corrected chi connectivity index (χ2v) is 8.02. The zero-order chi connectivity index (χ0) is 20.9. The van der Waals surface area contributed by atoms with E-state index in [9.17, 15) is 14.3 Å². The first-order valence-electron chi connectivity index (χ1n) is 10.7. The molecule has 6 heteroatoms. The van der Waals surface area contributed by atoms with Gasteiger partial charge in [-0.15, -0.1) is 0 Å². The molecule has 2 heterocycles. The largest absolute Gasteiger partial charge is 0.494 e. The molecule has 0 aliphatic carbocycles. The van der Waals surface area contributed by atoms with Crippen molar-refractivity contribution in [2.75, 3.05) is 26.2 Å². The molecule has 3 aromatic rings. The predicted molar refractivity (Wildman–Crippen MR) is 116 cm³/mol. The Bertz CT molecular complexity index is 1020. The quantitative estimate of drug-likeness (QED) is 0.577. The molecular formula is C24H28FN3O2. The zero-order valence-corrected chi connectivity index (χ0v) is 17.1. The first-order valence-corrected chi connectivity index (χ1v) is 10.7. The second-order valence-electron chi connectivity index (χ2n) is 8.02. The van der Waals surface area contributed by atoms with Gasteiger partial charge in [0.15, 0.2) is 5.88 Å². The summed E-state index contributed by atoms with van der Waals surface area (Å²) in [4.78, 5) is 15.0. The molecule has 30 heavy (non-hydrogen) atoms. The number of carbonyl (C=O) groups is 1. The molecule has 0 spiro atoms. The van der Waals surface area contributed by atoms with Crippen LogP contribution in [0.4, 0.5) is 4.39 Å². The summed E-state index contributed by atoms with van der Waals surface area (Å²) in [5.74, 6) is -0.357. The fraction of sp³-hybridized carbons (Fsp3) is 0.375. The lowest BCUT2D eigenvalue weighted by molar-refractivity contribution is 0.0951. The molecule has 1 aliphatic heterocycles. The zero-order valence-electron chi connectivity index (χ0n) is 17.1. The van der Waals surface area contributed by atoms with E-state index < -0.39 is 0 Å². The van der Waals surface area contributed by atoms with Gasteiger partial charge in [-0.1, -0.05) is 24.6 Å². The number of amides is 1. The van der Waals surface area contributed by atoms with Gasteiger partial charge in [0.25, 0.3) is 5.91 Å². The van der Waals surface area contributed by atoms with Crippen LogP contribution in [-0.2, 0) is 6.54 Å². The Balaban J connectivity index is 1.38. The average molecular weight is 410 g/mol. The van der Waals surface area contributed by atoms with E-state index in [1.807, 2.05) is 18.3 Å². The van der Waals surface area contributed by atoms with Crippen molar-refractivity contribution >= 4 is 16.7 Å². The topological polar surface area (TPSA) is 57.5 Å².